The Morgan fingerprint density at radius 2 is 2.19 bits per heavy atom. The van der Waals surface area contributed by atoms with Crippen LogP contribution in [0.15, 0.2) is 24.8 Å². The molecule has 1 unspecified atom stereocenters. The van der Waals surface area contributed by atoms with E-state index in [0.717, 1.165) is 31.2 Å². The number of ketones is 1. The van der Waals surface area contributed by atoms with E-state index < -0.39 is 0 Å². The molecule has 1 spiro atoms. The Kier molecular flexibility index (Phi) is 3.03. The molecule has 0 aromatic carbocycles. The lowest BCUT2D eigenvalue weighted by atomic mass is 9.81. The minimum Gasteiger partial charge on any atom is -0.375 e. The molecule has 1 aliphatic heterocycles. The lowest BCUT2D eigenvalue weighted by molar-refractivity contribution is -0.0866. The summed E-state index contributed by atoms with van der Waals surface area (Å²) in [7, 11) is 0. The Morgan fingerprint density at radius 3 is 3.05 bits per heavy atom. The molecule has 4 rings (SSSR count). The van der Waals surface area contributed by atoms with Gasteiger partial charge in [-0.1, -0.05) is 12.8 Å². The van der Waals surface area contributed by atoms with Crippen molar-refractivity contribution >= 4 is 11.3 Å². The number of rotatable bonds is 2. The molecule has 1 saturated heterocycles. The molecule has 1 aliphatic carbocycles. The summed E-state index contributed by atoms with van der Waals surface area (Å²) in [6, 6.07) is 0. The molecule has 2 aromatic heterocycles. The van der Waals surface area contributed by atoms with Crippen LogP contribution in [0.2, 0.25) is 0 Å². The summed E-state index contributed by atoms with van der Waals surface area (Å²) in [5, 5.41) is 4.25. The standard InChI is InChI=1S/C16H19N3O2/c20-15(13-10-18-19-7-6-17-11-14(13)19)12-3-8-21-16(9-12)4-1-2-5-16/h6-7,10-12H,1-5,8-9H2. The maximum Gasteiger partial charge on any atom is 0.169 e. The minimum atomic E-state index is -0.0280. The number of aromatic nitrogens is 3. The van der Waals surface area contributed by atoms with Crippen molar-refractivity contribution in [3.63, 3.8) is 0 Å². The highest BCUT2D eigenvalue weighted by Gasteiger charge is 2.42. The van der Waals surface area contributed by atoms with Gasteiger partial charge in [-0.25, -0.2) is 4.52 Å². The number of ether oxygens (including phenoxy) is 1. The number of fused-ring (bicyclic) bond motifs is 1. The molecule has 1 atom stereocenters. The van der Waals surface area contributed by atoms with Gasteiger partial charge >= 0.3 is 0 Å². The van der Waals surface area contributed by atoms with Gasteiger partial charge in [0.2, 0.25) is 0 Å². The molecule has 21 heavy (non-hydrogen) atoms. The van der Waals surface area contributed by atoms with Crippen LogP contribution >= 0.6 is 0 Å². The van der Waals surface area contributed by atoms with Crippen molar-refractivity contribution < 1.29 is 9.53 Å². The maximum absolute atomic E-state index is 12.9. The van der Waals surface area contributed by atoms with E-state index in [1.54, 1.807) is 29.3 Å². The topological polar surface area (TPSA) is 56.5 Å². The predicted molar refractivity (Wildman–Crippen MR) is 77.2 cm³/mol. The maximum atomic E-state index is 12.9. The Bertz CT molecular complexity index is 673. The second-order valence-corrected chi connectivity index (χ2v) is 6.26. The molecule has 5 heteroatoms. The number of hydrogen-bond acceptors (Lipinski definition) is 4. The highest BCUT2D eigenvalue weighted by molar-refractivity contribution is 6.03. The van der Waals surface area contributed by atoms with Gasteiger partial charge in [-0.3, -0.25) is 9.78 Å². The predicted octanol–water partition coefficient (Wildman–Crippen LogP) is 2.65. The SMILES string of the molecule is O=C(c1cnn2ccncc12)C1CCOC2(CCCC2)C1. The third kappa shape index (κ3) is 2.16. The van der Waals surface area contributed by atoms with E-state index in [4.69, 9.17) is 4.74 Å². The van der Waals surface area contributed by atoms with Gasteiger partial charge in [0, 0.05) is 24.9 Å². The van der Waals surface area contributed by atoms with Crippen molar-refractivity contribution in [2.45, 2.75) is 44.1 Å². The zero-order valence-corrected chi connectivity index (χ0v) is 12.0. The molecule has 1 saturated carbocycles. The zero-order chi connectivity index (χ0) is 14.3. The van der Waals surface area contributed by atoms with Crippen LogP contribution < -0.4 is 0 Å². The highest BCUT2D eigenvalue weighted by Crippen LogP contribution is 2.42. The summed E-state index contributed by atoms with van der Waals surface area (Å²) in [5.74, 6) is 0.262. The lowest BCUT2D eigenvalue weighted by Crippen LogP contribution is -2.39. The quantitative estimate of drug-likeness (QED) is 0.796. The first-order chi connectivity index (χ1) is 10.3. The minimum absolute atomic E-state index is 0.0280. The van der Waals surface area contributed by atoms with Gasteiger partial charge in [0.1, 0.15) is 0 Å². The third-order valence-electron chi connectivity index (χ3n) is 4.97. The van der Waals surface area contributed by atoms with Gasteiger partial charge in [0.15, 0.2) is 5.78 Å². The third-order valence-corrected chi connectivity index (χ3v) is 4.97. The summed E-state index contributed by atoms with van der Waals surface area (Å²) < 4.78 is 7.74. The summed E-state index contributed by atoms with van der Waals surface area (Å²) in [4.78, 5) is 17.0. The van der Waals surface area contributed by atoms with Gasteiger partial charge in [-0.15, -0.1) is 0 Å². The highest BCUT2D eigenvalue weighted by atomic mass is 16.5. The van der Waals surface area contributed by atoms with Crippen molar-refractivity contribution in [2.75, 3.05) is 6.61 Å². The van der Waals surface area contributed by atoms with Crippen LogP contribution in [-0.4, -0.2) is 32.6 Å². The summed E-state index contributed by atoms with van der Waals surface area (Å²) >= 11 is 0. The van der Waals surface area contributed by atoms with E-state index in [-0.39, 0.29) is 17.3 Å². The second-order valence-electron chi connectivity index (χ2n) is 6.26. The molecule has 2 fully saturated rings. The van der Waals surface area contributed by atoms with E-state index >= 15 is 0 Å². The molecule has 2 aliphatic rings. The van der Waals surface area contributed by atoms with E-state index in [2.05, 4.69) is 10.1 Å². The average Bonchev–Trinajstić information content (AvgIpc) is 3.14. The number of nitrogens with zero attached hydrogens (tertiary/aromatic N) is 3. The van der Waals surface area contributed by atoms with Crippen molar-refractivity contribution in [2.24, 2.45) is 5.92 Å². The first-order valence-electron chi connectivity index (χ1n) is 7.73. The van der Waals surface area contributed by atoms with E-state index in [1.807, 2.05) is 0 Å². The van der Waals surface area contributed by atoms with Crippen LogP contribution in [0, 0.1) is 5.92 Å². The largest absolute Gasteiger partial charge is 0.375 e. The average molecular weight is 285 g/mol. The molecular formula is C16H19N3O2. The van der Waals surface area contributed by atoms with Crippen LogP contribution in [0.5, 0.6) is 0 Å². The van der Waals surface area contributed by atoms with E-state index in [0.29, 0.717) is 12.2 Å². The number of carbonyl (C=O) groups is 1. The Morgan fingerprint density at radius 1 is 1.33 bits per heavy atom. The summed E-state index contributed by atoms with van der Waals surface area (Å²) in [6.45, 7) is 0.702. The number of Topliss-reactive ketones (excluding diaryl/α,β-unsaturated/α-hetero) is 1. The molecule has 5 nitrogen and oxygen atoms in total. The van der Waals surface area contributed by atoms with Crippen LogP contribution in [-0.2, 0) is 4.74 Å². The second kappa shape index (κ2) is 4.91. The molecule has 110 valence electrons. The molecule has 0 amide bonds. The van der Waals surface area contributed by atoms with Crippen molar-refractivity contribution in [3.8, 4) is 0 Å². The van der Waals surface area contributed by atoms with E-state index in [9.17, 15) is 4.79 Å². The Labute approximate surface area is 123 Å². The zero-order valence-electron chi connectivity index (χ0n) is 12.0. The van der Waals surface area contributed by atoms with Crippen LogP contribution in [0.3, 0.4) is 0 Å². The van der Waals surface area contributed by atoms with Crippen molar-refractivity contribution in [1.29, 1.82) is 0 Å². The smallest absolute Gasteiger partial charge is 0.169 e. The van der Waals surface area contributed by atoms with Crippen molar-refractivity contribution in [1.82, 2.24) is 14.6 Å². The van der Waals surface area contributed by atoms with Gasteiger partial charge in [0.05, 0.1) is 29.1 Å². The first-order valence-corrected chi connectivity index (χ1v) is 7.73. The van der Waals surface area contributed by atoms with Gasteiger partial charge < -0.3 is 4.74 Å². The van der Waals surface area contributed by atoms with Gasteiger partial charge in [0.25, 0.3) is 0 Å². The van der Waals surface area contributed by atoms with Crippen LogP contribution in [0.4, 0.5) is 0 Å². The first kappa shape index (κ1) is 13.0. The molecule has 2 aromatic rings. The fourth-order valence-corrected chi connectivity index (χ4v) is 3.86. The van der Waals surface area contributed by atoms with E-state index in [1.165, 1.54) is 12.8 Å². The fraction of sp³-hybridized carbons (Fsp3) is 0.562. The fourth-order valence-electron chi connectivity index (χ4n) is 3.86. The molecule has 0 N–H and O–H groups in total. The normalized spacial score (nSPS) is 24.7. The number of carbonyl (C=O) groups excluding carboxylic acids is 1. The van der Waals surface area contributed by atoms with Crippen LogP contribution in [0.25, 0.3) is 5.52 Å². The lowest BCUT2D eigenvalue weighted by Gasteiger charge is -2.37. The van der Waals surface area contributed by atoms with Crippen molar-refractivity contribution in [3.05, 3.63) is 30.4 Å². The molecule has 0 bridgehead atoms. The number of hydrogen-bond donors (Lipinski definition) is 0. The summed E-state index contributed by atoms with van der Waals surface area (Å²) in [5.41, 5.74) is 1.47. The monoisotopic (exact) mass is 285 g/mol. The van der Waals surface area contributed by atoms with Crippen LogP contribution in [0.1, 0.15) is 48.9 Å². The van der Waals surface area contributed by atoms with Gasteiger partial charge in [-0.05, 0) is 25.7 Å². The molecular weight excluding hydrogens is 266 g/mol. The Balaban J connectivity index is 1.62. The summed E-state index contributed by atoms with van der Waals surface area (Å²) in [6.07, 6.45) is 13.2. The molecule has 3 heterocycles. The molecule has 0 radical (unpaired) electrons. The van der Waals surface area contributed by atoms with Gasteiger partial charge in [-0.2, -0.15) is 5.10 Å². The Hall–Kier alpha value is -1.75.